The molecule has 5 atom stereocenters. The van der Waals surface area contributed by atoms with Crippen LogP contribution in [0.5, 0.6) is 5.75 Å². The lowest BCUT2D eigenvalue weighted by molar-refractivity contribution is -0.166. The van der Waals surface area contributed by atoms with Crippen LogP contribution in [-0.2, 0) is 14.4 Å². The summed E-state index contributed by atoms with van der Waals surface area (Å²) >= 11 is 6.25. The first-order valence-electron chi connectivity index (χ1n) is 9.81. The van der Waals surface area contributed by atoms with Crippen LogP contribution in [0.15, 0.2) is 35.6 Å². The number of hydrogen-bond donors (Lipinski definition) is 6. The van der Waals surface area contributed by atoms with Crippen LogP contribution >= 0.6 is 11.6 Å². The molecule has 1 amide bonds. The number of nitrogens with two attached hydrogens (primary N) is 1. The molecular weight excluding hydrogens is 456 g/mol. The molecule has 0 heterocycles. The molecule has 0 aliphatic heterocycles. The second-order valence-corrected chi connectivity index (χ2v) is 8.96. The van der Waals surface area contributed by atoms with Gasteiger partial charge < -0.3 is 31.3 Å². The molecule has 1 fully saturated rings. The molecule has 0 spiro atoms. The van der Waals surface area contributed by atoms with Crippen molar-refractivity contribution in [2.75, 3.05) is 14.1 Å². The van der Waals surface area contributed by atoms with Crippen LogP contribution < -0.4 is 5.73 Å². The van der Waals surface area contributed by atoms with E-state index in [9.17, 15) is 39.9 Å². The molecule has 1 saturated carbocycles. The molecule has 0 saturated heterocycles. The van der Waals surface area contributed by atoms with Crippen LogP contribution in [0.1, 0.15) is 11.1 Å². The summed E-state index contributed by atoms with van der Waals surface area (Å²) in [5.74, 6) is -9.18. The standard InChI is InChI=1S/C22H21ClN2O8/c1-6-9-7(23)4-5-8(26)11(9)16(27)12-10(6)17(28)14-15(25(2)3)18(29)13(21(24)32)20(31)22(14,33)19(12)30/h4-5,10,14-15,17,26-28,31,33H,1H2,2-3H3,(H2,24,32)/t10-,14-,15+,17+,22-/m1/s1. The molecular formula is C22H21ClN2O8. The number of phenolic OH excluding ortho intramolecular Hbond substituents is 1. The molecule has 0 radical (unpaired) electrons. The Balaban J connectivity index is 2.10. The lowest BCUT2D eigenvalue weighted by atomic mass is 9.55. The summed E-state index contributed by atoms with van der Waals surface area (Å²) in [6, 6.07) is 1.08. The van der Waals surface area contributed by atoms with E-state index >= 15 is 0 Å². The minimum Gasteiger partial charge on any atom is -0.508 e. The molecule has 7 N–H and O–H groups in total. The number of fused-ring (bicyclic) bond motifs is 3. The first-order valence-corrected chi connectivity index (χ1v) is 10.2. The van der Waals surface area contributed by atoms with E-state index in [4.69, 9.17) is 17.3 Å². The smallest absolute Gasteiger partial charge is 0.255 e. The fourth-order valence-corrected chi connectivity index (χ4v) is 5.54. The van der Waals surface area contributed by atoms with Gasteiger partial charge in [0.05, 0.1) is 29.2 Å². The second kappa shape index (κ2) is 7.16. The van der Waals surface area contributed by atoms with Gasteiger partial charge in [-0.1, -0.05) is 18.2 Å². The number of amides is 1. The van der Waals surface area contributed by atoms with Gasteiger partial charge in [-0.3, -0.25) is 19.3 Å². The lowest BCUT2D eigenvalue weighted by Crippen LogP contribution is -2.70. The number of hydrogen-bond acceptors (Lipinski definition) is 9. The maximum atomic E-state index is 13.7. The fraction of sp³-hybridized carbons (Fsp3) is 0.318. The zero-order chi connectivity index (χ0) is 24.7. The number of ketones is 2. The average Bonchev–Trinajstić information content (AvgIpc) is 2.72. The zero-order valence-electron chi connectivity index (χ0n) is 17.5. The van der Waals surface area contributed by atoms with Gasteiger partial charge in [0.15, 0.2) is 11.4 Å². The highest BCUT2D eigenvalue weighted by molar-refractivity contribution is 6.33. The molecule has 0 unspecified atom stereocenters. The zero-order valence-corrected chi connectivity index (χ0v) is 18.3. The van der Waals surface area contributed by atoms with Crippen molar-refractivity contribution in [3.8, 4) is 5.75 Å². The van der Waals surface area contributed by atoms with Crippen molar-refractivity contribution in [2.24, 2.45) is 17.6 Å². The van der Waals surface area contributed by atoms with Gasteiger partial charge in [-0.05, 0) is 31.8 Å². The van der Waals surface area contributed by atoms with Crippen LogP contribution in [0.2, 0.25) is 5.02 Å². The van der Waals surface area contributed by atoms with Gasteiger partial charge in [-0.25, -0.2) is 0 Å². The molecule has 0 aromatic heterocycles. The van der Waals surface area contributed by atoms with Gasteiger partial charge in [0.2, 0.25) is 5.78 Å². The summed E-state index contributed by atoms with van der Waals surface area (Å²) in [5, 5.41) is 55.0. The number of carbonyl (C=O) groups excluding carboxylic acids is 3. The third-order valence-electron chi connectivity index (χ3n) is 6.67. The highest BCUT2D eigenvalue weighted by Gasteiger charge is 2.68. The van der Waals surface area contributed by atoms with Gasteiger partial charge >= 0.3 is 0 Å². The Labute approximate surface area is 192 Å². The maximum Gasteiger partial charge on any atom is 0.255 e. The van der Waals surface area contributed by atoms with Crippen LogP contribution in [0.4, 0.5) is 0 Å². The number of rotatable bonds is 2. The van der Waals surface area contributed by atoms with E-state index < -0.39 is 75.5 Å². The van der Waals surface area contributed by atoms with Gasteiger partial charge in [0.1, 0.15) is 22.8 Å². The Morgan fingerprint density at radius 1 is 1.18 bits per heavy atom. The van der Waals surface area contributed by atoms with E-state index in [0.29, 0.717) is 0 Å². The Kier molecular flexibility index (Phi) is 4.99. The Morgan fingerprint density at radius 3 is 2.33 bits per heavy atom. The van der Waals surface area contributed by atoms with Gasteiger partial charge in [-0.15, -0.1) is 0 Å². The number of primary amides is 1. The summed E-state index contributed by atoms with van der Waals surface area (Å²) in [7, 11) is 2.84. The average molecular weight is 477 g/mol. The summed E-state index contributed by atoms with van der Waals surface area (Å²) in [4.78, 5) is 39.9. The Morgan fingerprint density at radius 2 is 1.79 bits per heavy atom. The Bertz CT molecular complexity index is 1230. The van der Waals surface area contributed by atoms with Gasteiger partial charge in [0.25, 0.3) is 5.91 Å². The number of halogens is 1. The number of phenols is 1. The van der Waals surface area contributed by atoms with Crippen molar-refractivity contribution in [3.63, 3.8) is 0 Å². The third kappa shape index (κ3) is 2.69. The lowest BCUT2D eigenvalue weighted by Gasteiger charge is -2.52. The van der Waals surface area contributed by atoms with Crippen molar-refractivity contribution in [1.82, 2.24) is 4.90 Å². The molecule has 1 aromatic carbocycles. The second-order valence-electron chi connectivity index (χ2n) is 8.55. The van der Waals surface area contributed by atoms with E-state index in [1.165, 1.54) is 31.1 Å². The molecule has 174 valence electrons. The molecule has 11 heteroatoms. The van der Waals surface area contributed by atoms with E-state index in [-0.39, 0.29) is 21.7 Å². The summed E-state index contributed by atoms with van der Waals surface area (Å²) in [6.07, 6.45) is -1.75. The predicted molar refractivity (Wildman–Crippen MR) is 116 cm³/mol. The highest BCUT2D eigenvalue weighted by atomic mass is 35.5. The largest absolute Gasteiger partial charge is 0.508 e. The molecule has 4 rings (SSSR count). The van der Waals surface area contributed by atoms with E-state index in [1.54, 1.807) is 0 Å². The number of aliphatic hydroxyl groups excluding tert-OH is 3. The summed E-state index contributed by atoms with van der Waals surface area (Å²) < 4.78 is 0. The monoisotopic (exact) mass is 476 g/mol. The quantitative estimate of drug-likeness (QED) is 0.321. The molecule has 3 aliphatic rings. The van der Waals surface area contributed by atoms with Crippen molar-refractivity contribution < 1.29 is 39.9 Å². The SMILES string of the molecule is C=C1c2c(Cl)ccc(O)c2C(O)=C2C(=O)[C@@]3(O)C(O)=C(C(N)=O)C(=O)[C@@H](N(C)C)[C@@H]3[C@@H](O)[C@H]12. The molecule has 10 nitrogen and oxygen atoms in total. The summed E-state index contributed by atoms with van der Waals surface area (Å²) in [6.45, 7) is 3.89. The van der Waals surface area contributed by atoms with E-state index in [0.717, 1.165) is 0 Å². The third-order valence-corrected chi connectivity index (χ3v) is 6.99. The molecule has 1 aromatic rings. The topological polar surface area (TPSA) is 182 Å². The molecule has 0 bridgehead atoms. The summed E-state index contributed by atoms with van der Waals surface area (Å²) in [5.41, 5.74) is 0.634. The van der Waals surface area contributed by atoms with Crippen molar-refractivity contribution in [2.45, 2.75) is 17.7 Å². The fourth-order valence-electron chi connectivity index (χ4n) is 5.26. The van der Waals surface area contributed by atoms with Gasteiger partial charge in [-0.2, -0.15) is 0 Å². The van der Waals surface area contributed by atoms with Crippen LogP contribution in [0.3, 0.4) is 0 Å². The highest BCUT2D eigenvalue weighted by Crippen LogP contribution is 2.56. The number of Topliss-reactive ketones (excluding diaryl/α,β-unsaturated/α-hetero) is 2. The first kappa shape index (κ1) is 23.0. The molecule has 33 heavy (non-hydrogen) atoms. The minimum atomic E-state index is -2.97. The van der Waals surface area contributed by atoms with Crippen molar-refractivity contribution in [1.29, 1.82) is 0 Å². The minimum absolute atomic E-state index is 0.0516. The van der Waals surface area contributed by atoms with E-state index in [1.807, 2.05) is 0 Å². The first-order chi connectivity index (χ1) is 15.3. The maximum absolute atomic E-state index is 13.7. The number of likely N-dealkylation sites (N-methyl/N-ethyl adjacent to an activating group) is 1. The Hall–Kier alpha value is -3.18. The number of aromatic hydroxyl groups is 1. The molecule has 3 aliphatic carbocycles. The number of aliphatic hydroxyl groups is 4. The normalized spacial score (nSPS) is 31.5. The number of benzene rings is 1. The van der Waals surface area contributed by atoms with Gasteiger partial charge in [0, 0.05) is 16.5 Å². The number of nitrogens with zero attached hydrogens (tertiary/aromatic N) is 1. The number of carbonyl (C=O) groups is 3. The van der Waals surface area contributed by atoms with Crippen LogP contribution in [0, 0.1) is 11.8 Å². The van der Waals surface area contributed by atoms with E-state index in [2.05, 4.69) is 6.58 Å². The predicted octanol–water partition coefficient (Wildman–Crippen LogP) is 0.0589. The van der Waals surface area contributed by atoms with Crippen LogP contribution in [0.25, 0.3) is 11.3 Å². The van der Waals surface area contributed by atoms with Crippen LogP contribution in [-0.4, -0.2) is 79.7 Å². The van der Waals surface area contributed by atoms with Crippen molar-refractivity contribution >= 4 is 40.4 Å². The van der Waals surface area contributed by atoms with Crippen molar-refractivity contribution in [3.05, 3.63) is 51.8 Å².